The van der Waals surface area contributed by atoms with E-state index in [9.17, 15) is 9.59 Å². The summed E-state index contributed by atoms with van der Waals surface area (Å²) < 4.78 is 5.06. The van der Waals surface area contributed by atoms with Crippen LogP contribution in [-0.4, -0.2) is 23.5 Å². The predicted molar refractivity (Wildman–Crippen MR) is 82.7 cm³/mol. The summed E-state index contributed by atoms with van der Waals surface area (Å²) in [5.41, 5.74) is 0.695. The Morgan fingerprint density at radius 1 is 1.38 bits per heavy atom. The van der Waals surface area contributed by atoms with Crippen molar-refractivity contribution in [2.24, 2.45) is 5.92 Å². The van der Waals surface area contributed by atoms with Crippen LogP contribution < -0.4 is 5.32 Å². The third-order valence-corrected chi connectivity index (χ3v) is 4.58. The molecule has 5 nitrogen and oxygen atoms in total. The Balaban J connectivity index is 2.14. The Labute approximate surface area is 129 Å². The number of ether oxygens (including phenoxy) is 1. The first kappa shape index (κ1) is 15.9. The van der Waals surface area contributed by atoms with E-state index in [-0.39, 0.29) is 23.7 Å². The SMILES string of the molecule is CCOC(=O)c1sc(NC(=O)C2CCCC2)nc1C(C)C. The summed E-state index contributed by atoms with van der Waals surface area (Å²) in [4.78, 5) is 29.0. The van der Waals surface area contributed by atoms with Crippen molar-refractivity contribution in [3.8, 4) is 0 Å². The minimum absolute atomic E-state index is 0.0203. The lowest BCUT2D eigenvalue weighted by Crippen LogP contribution is -2.20. The van der Waals surface area contributed by atoms with Crippen molar-refractivity contribution >= 4 is 28.3 Å². The molecule has 1 aromatic heterocycles. The van der Waals surface area contributed by atoms with E-state index in [0.717, 1.165) is 25.7 Å². The van der Waals surface area contributed by atoms with Crippen LogP contribution in [0.2, 0.25) is 0 Å². The second-order valence-electron chi connectivity index (χ2n) is 5.58. The molecule has 2 rings (SSSR count). The number of aromatic nitrogens is 1. The molecule has 0 radical (unpaired) electrons. The number of anilines is 1. The lowest BCUT2D eigenvalue weighted by atomic mass is 10.1. The van der Waals surface area contributed by atoms with E-state index in [1.165, 1.54) is 11.3 Å². The summed E-state index contributed by atoms with van der Waals surface area (Å²) in [5.74, 6) is -0.146. The molecular formula is C15H22N2O3S. The maximum atomic E-state index is 12.1. The highest BCUT2D eigenvalue weighted by molar-refractivity contribution is 7.17. The average molecular weight is 310 g/mol. The van der Waals surface area contributed by atoms with Gasteiger partial charge < -0.3 is 10.1 Å². The quantitative estimate of drug-likeness (QED) is 0.844. The third-order valence-electron chi connectivity index (χ3n) is 3.62. The Bertz CT molecular complexity index is 519. The van der Waals surface area contributed by atoms with E-state index < -0.39 is 0 Å². The lowest BCUT2D eigenvalue weighted by Gasteiger charge is -2.07. The van der Waals surface area contributed by atoms with Gasteiger partial charge in [0.05, 0.1) is 12.3 Å². The topological polar surface area (TPSA) is 68.3 Å². The van der Waals surface area contributed by atoms with Gasteiger partial charge in [0.1, 0.15) is 4.88 Å². The fraction of sp³-hybridized carbons (Fsp3) is 0.667. The van der Waals surface area contributed by atoms with E-state index in [1.807, 2.05) is 13.8 Å². The molecule has 0 aliphatic heterocycles. The summed E-state index contributed by atoms with van der Waals surface area (Å²) in [6.45, 7) is 6.05. The monoisotopic (exact) mass is 310 g/mol. The predicted octanol–water partition coefficient (Wildman–Crippen LogP) is 3.57. The van der Waals surface area contributed by atoms with Crippen LogP contribution in [0.1, 0.15) is 67.7 Å². The standard InChI is InChI=1S/C15H22N2O3S/c1-4-20-14(19)12-11(9(2)3)16-15(21-12)17-13(18)10-7-5-6-8-10/h9-10H,4-8H2,1-3H3,(H,16,17,18). The Kier molecular flexibility index (Phi) is 5.33. The van der Waals surface area contributed by atoms with Crippen molar-refractivity contribution in [3.05, 3.63) is 10.6 Å². The lowest BCUT2D eigenvalue weighted by molar-refractivity contribution is -0.119. The molecule has 1 aliphatic carbocycles. The molecule has 6 heteroatoms. The second-order valence-corrected chi connectivity index (χ2v) is 6.58. The zero-order valence-corrected chi connectivity index (χ0v) is 13.6. The van der Waals surface area contributed by atoms with E-state index in [1.54, 1.807) is 6.92 Å². The van der Waals surface area contributed by atoms with Crippen molar-refractivity contribution in [2.45, 2.75) is 52.4 Å². The van der Waals surface area contributed by atoms with Gasteiger partial charge in [-0.1, -0.05) is 38.0 Å². The zero-order chi connectivity index (χ0) is 15.4. The molecule has 116 valence electrons. The number of carbonyl (C=O) groups excluding carboxylic acids is 2. The summed E-state index contributed by atoms with van der Waals surface area (Å²) >= 11 is 1.21. The first-order chi connectivity index (χ1) is 10.0. The molecule has 0 aromatic carbocycles. The fourth-order valence-corrected chi connectivity index (χ4v) is 3.53. The van der Waals surface area contributed by atoms with Gasteiger partial charge in [-0.05, 0) is 25.7 Å². The maximum Gasteiger partial charge on any atom is 0.350 e. The molecule has 1 aromatic rings. The smallest absolute Gasteiger partial charge is 0.350 e. The first-order valence-electron chi connectivity index (χ1n) is 7.51. The Hall–Kier alpha value is -1.43. The molecule has 1 saturated carbocycles. The minimum Gasteiger partial charge on any atom is -0.462 e. The van der Waals surface area contributed by atoms with Crippen molar-refractivity contribution in [1.82, 2.24) is 4.98 Å². The molecule has 0 bridgehead atoms. The molecule has 21 heavy (non-hydrogen) atoms. The largest absolute Gasteiger partial charge is 0.462 e. The van der Waals surface area contributed by atoms with Gasteiger partial charge in [0.2, 0.25) is 5.91 Å². The van der Waals surface area contributed by atoms with E-state index in [4.69, 9.17) is 4.74 Å². The van der Waals surface area contributed by atoms with Crippen LogP contribution in [0.3, 0.4) is 0 Å². The molecule has 0 spiro atoms. The number of nitrogens with zero attached hydrogens (tertiary/aromatic N) is 1. The molecule has 1 N–H and O–H groups in total. The fourth-order valence-electron chi connectivity index (χ4n) is 2.52. The van der Waals surface area contributed by atoms with Crippen LogP contribution in [0.15, 0.2) is 0 Å². The number of esters is 1. The molecular weight excluding hydrogens is 288 g/mol. The van der Waals surface area contributed by atoms with E-state index in [2.05, 4.69) is 10.3 Å². The van der Waals surface area contributed by atoms with Gasteiger partial charge in [-0.15, -0.1) is 0 Å². The number of amides is 1. The highest BCUT2D eigenvalue weighted by atomic mass is 32.1. The summed E-state index contributed by atoms with van der Waals surface area (Å²) in [6.07, 6.45) is 4.11. The van der Waals surface area contributed by atoms with Gasteiger partial charge in [0.15, 0.2) is 5.13 Å². The normalized spacial score (nSPS) is 15.4. The molecule has 1 amide bonds. The first-order valence-corrected chi connectivity index (χ1v) is 8.33. The van der Waals surface area contributed by atoms with Gasteiger partial charge >= 0.3 is 5.97 Å². The Morgan fingerprint density at radius 3 is 2.62 bits per heavy atom. The number of hydrogen-bond donors (Lipinski definition) is 1. The molecule has 0 saturated heterocycles. The number of carbonyl (C=O) groups is 2. The Morgan fingerprint density at radius 2 is 2.05 bits per heavy atom. The average Bonchev–Trinajstić information content (AvgIpc) is 3.07. The van der Waals surface area contributed by atoms with Gasteiger partial charge in [-0.3, -0.25) is 4.79 Å². The van der Waals surface area contributed by atoms with Gasteiger partial charge in [0, 0.05) is 5.92 Å². The number of hydrogen-bond acceptors (Lipinski definition) is 5. The molecule has 0 atom stereocenters. The zero-order valence-electron chi connectivity index (χ0n) is 12.8. The van der Waals surface area contributed by atoms with Gasteiger partial charge in [-0.25, -0.2) is 9.78 Å². The summed E-state index contributed by atoms with van der Waals surface area (Å²) in [5, 5.41) is 3.36. The second kappa shape index (κ2) is 7.02. The molecule has 1 aliphatic rings. The minimum atomic E-state index is -0.361. The highest BCUT2D eigenvalue weighted by Crippen LogP contribution is 2.31. The number of rotatable bonds is 5. The maximum absolute atomic E-state index is 12.1. The van der Waals surface area contributed by atoms with Crippen LogP contribution >= 0.6 is 11.3 Å². The van der Waals surface area contributed by atoms with Crippen LogP contribution in [-0.2, 0) is 9.53 Å². The van der Waals surface area contributed by atoms with Crippen LogP contribution in [0.4, 0.5) is 5.13 Å². The summed E-state index contributed by atoms with van der Waals surface area (Å²) in [6, 6.07) is 0. The molecule has 1 fully saturated rings. The molecule has 0 unspecified atom stereocenters. The highest BCUT2D eigenvalue weighted by Gasteiger charge is 2.26. The van der Waals surface area contributed by atoms with E-state index in [0.29, 0.717) is 22.3 Å². The van der Waals surface area contributed by atoms with Crippen LogP contribution in [0, 0.1) is 5.92 Å². The van der Waals surface area contributed by atoms with Gasteiger partial charge in [-0.2, -0.15) is 0 Å². The van der Waals surface area contributed by atoms with Crippen molar-refractivity contribution in [1.29, 1.82) is 0 Å². The summed E-state index contributed by atoms with van der Waals surface area (Å²) in [7, 11) is 0. The third kappa shape index (κ3) is 3.81. The van der Waals surface area contributed by atoms with E-state index >= 15 is 0 Å². The van der Waals surface area contributed by atoms with Crippen LogP contribution in [0.5, 0.6) is 0 Å². The molecule has 1 heterocycles. The van der Waals surface area contributed by atoms with Crippen molar-refractivity contribution in [3.63, 3.8) is 0 Å². The number of thiazole rings is 1. The number of nitrogens with one attached hydrogen (secondary N) is 1. The van der Waals surface area contributed by atoms with Crippen molar-refractivity contribution in [2.75, 3.05) is 11.9 Å². The van der Waals surface area contributed by atoms with Crippen LogP contribution in [0.25, 0.3) is 0 Å². The van der Waals surface area contributed by atoms with Crippen molar-refractivity contribution < 1.29 is 14.3 Å². The van der Waals surface area contributed by atoms with Gasteiger partial charge in [0.25, 0.3) is 0 Å².